The Kier molecular flexibility index (Phi) is 6.01. The van der Waals surface area contributed by atoms with E-state index in [4.69, 9.17) is 4.74 Å². The summed E-state index contributed by atoms with van der Waals surface area (Å²) in [4.78, 5) is 24.1. The number of hydrogen-bond acceptors (Lipinski definition) is 4. The van der Waals surface area contributed by atoms with Crippen LogP contribution in [0.3, 0.4) is 0 Å². The number of hydrogen-bond donors (Lipinski definition) is 2. The third-order valence-electron chi connectivity index (χ3n) is 4.03. The molecule has 2 aromatic rings. The monoisotopic (exact) mass is 398 g/mol. The molecule has 0 aliphatic heterocycles. The number of carbonyl (C=O) groups excluding carboxylic acids is 2. The molecule has 0 radical (unpaired) electrons. The van der Waals surface area contributed by atoms with Gasteiger partial charge in [0.1, 0.15) is 11.3 Å². The highest BCUT2D eigenvalue weighted by Gasteiger charge is 2.34. The predicted octanol–water partition coefficient (Wildman–Crippen LogP) is 2.71. The van der Waals surface area contributed by atoms with Gasteiger partial charge in [-0.3, -0.25) is 14.3 Å². The highest BCUT2D eigenvalue weighted by Crippen LogP contribution is 2.35. The number of aromatic nitrogens is 2. The van der Waals surface area contributed by atoms with Crippen molar-refractivity contribution in [2.75, 3.05) is 19.0 Å². The molecule has 0 saturated heterocycles. The van der Waals surface area contributed by atoms with E-state index in [2.05, 4.69) is 15.7 Å². The van der Waals surface area contributed by atoms with Gasteiger partial charge in [-0.2, -0.15) is 18.3 Å². The van der Waals surface area contributed by atoms with Gasteiger partial charge < -0.3 is 15.4 Å². The quantitative estimate of drug-likeness (QED) is 0.784. The van der Waals surface area contributed by atoms with Gasteiger partial charge in [0.05, 0.1) is 17.4 Å². The van der Waals surface area contributed by atoms with Crippen LogP contribution >= 0.6 is 0 Å². The van der Waals surface area contributed by atoms with Gasteiger partial charge >= 0.3 is 6.18 Å². The largest absolute Gasteiger partial charge is 0.482 e. The number of anilines is 1. The molecule has 1 aromatic carbocycles. The third kappa shape index (κ3) is 4.81. The predicted molar refractivity (Wildman–Crippen MR) is 95.9 cm³/mol. The van der Waals surface area contributed by atoms with Crippen molar-refractivity contribution in [1.82, 2.24) is 15.1 Å². The van der Waals surface area contributed by atoms with Gasteiger partial charge in [-0.15, -0.1) is 0 Å². The Hall–Kier alpha value is -3.04. The summed E-state index contributed by atoms with van der Waals surface area (Å²) in [6.45, 7) is 4.55. The van der Waals surface area contributed by atoms with Crippen molar-refractivity contribution in [2.45, 2.75) is 32.5 Å². The van der Waals surface area contributed by atoms with E-state index in [-0.39, 0.29) is 11.4 Å². The average Bonchev–Trinajstić information content (AvgIpc) is 3.06. The molecule has 2 N–H and O–H groups in total. The van der Waals surface area contributed by atoms with E-state index in [1.54, 1.807) is 26.2 Å². The van der Waals surface area contributed by atoms with Crippen molar-refractivity contribution in [3.63, 3.8) is 0 Å². The first-order valence-electron chi connectivity index (χ1n) is 8.33. The molecule has 10 heteroatoms. The molecule has 0 spiro atoms. The number of aryl methyl sites for hydroxylation is 1. The van der Waals surface area contributed by atoms with Crippen LogP contribution in [0.1, 0.15) is 25.0 Å². The Morgan fingerprint density at radius 3 is 2.46 bits per heavy atom. The lowest BCUT2D eigenvalue weighted by Gasteiger charge is -2.25. The van der Waals surface area contributed by atoms with E-state index in [9.17, 15) is 22.8 Å². The zero-order chi connectivity index (χ0) is 21.1. The molecule has 0 saturated carbocycles. The van der Waals surface area contributed by atoms with Gasteiger partial charge in [0.25, 0.3) is 11.8 Å². The molecule has 152 valence electrons. The Morgan fingerprint density at radius 1 is 1.25 bits per heavy atom. The van der Waals surface area contributed by atoms with E-state index in [1.807, 2.05) is 6.92 Å². The van der Waals surface area contributed by atoms with Crippen molar-refractivity contribution in [3.05, 3.63) is 41.7 Å². The third-order valence-corrected chi connectivity index (χ3v) is 4.03. The number of alkyl halides is 3. The molecule has 1 heterocycles. The maximum Gasteiger partial charge on any atom is 0.416 e. The van der Waals surface area contributed by atoms with Crippen LogP contribution in [0, 0.1) is 6.92 Å². The molecule has 0 unspecified atom stereocenters. The molecule has 0 bridgehead atoms. The molecule has 0 fully saturated rings. The smallest absolute Gasteiger partial charge is 0.416 e. The van der Waals surface area contributed by atoms with Crippen LogP contribution < -0.4 is 15.4 Å². The Balaban J connectivity index is 2.32. The number of nitrogens with zero attached hydrogens (tertiary/aromatic N) is 2. The van der Waals surface area contributed by atoms with Crippen LogP contribution in [0.2, 0.25) is 0 Å². The first-order chi connectivity index (χ1) is 12.9. The van der Waals surface area contributed by atoms with Crippen molar-refractivity contribution in [2.24, 2.45) is 0 Å². The second kappa shape index (κ2) is 7.91. The molecule has 0 aliphatic carbocycles. The van der Waals surface area contributed by atoms with Crippen molar-refractivity contribution in [1.29, 1.82) is 0 Å². The highest BCUT2D eigenvalue weighted by molar-refractivity contribution is 5.97. The Morgan fingerprint density at radius 2 is 1.93 bits per heavy atom. The van der Waals surface area contributed by atoms with E-state index in [1.165, 1.54) is 11.7 Å². The maximum atomic E-state index is 13.0. The summed E-state index contributed by atoms with van der Waals surface area (Å²) in [7, 11) is 1.37. The summed E-state index contributed by atoms with van der Waals surface area (Å²) in [5, 5.41) is 8.97. The Labute approximate surface area is 159 Å². The second-order valence-electron chi connectivity index (χ2n) is 6.65. The van der Waals surface area contributed by atoms with Gasteiger partial charge in [0.2, 0.25) is 0 Å². The maximum absolute atomic E-state index is 13.0. The number of likely N-dealkylation sites (N-methyl/N-ethyl adjacent to an activating group) is 1. The van der Waals surface area contributed by atoms with Crippen molar-refractivity contribution >= 4 is 17.5 Å². The van der Waals surface area contributed by atoms with Gasteiger partial charge in [-0.1, -0.05) is 0 Å². The average molecular weight is 398 g/mol. The molecule has 7 nitrogen and oxygen atoms in total. The minimum Gasteiger partial charge on any atom is -0.482 e. The highest BCUT2D eigenvalue weighted by atomic mass is 19.4. The fourth-order valence-corrected chi connectivity index (χ4v) is 2.23. The van der Waals surface area contributed by atoms with E-state index >= 15 is 0 Å². The minimum absolute atomic E-state index is 0.0128. The lowest BCUT2D eigenvalue weighted by Crippen LogP contribution is -2.40. The number of rotatable bonds is 6. The van der Waals surface area contributed by atoms with Crippen LogP contribution in [0.15, 0.2) is 30.6 Å². The summed E-state index contributed by atoms with van der Waals surface area (Å²) in [6.07, 6.45) is -1.33. The molecule has 28 heavy (non-hydrogen) atoms. The molecular weight excluding hydrogens is 377 g/mol. The van der Waals surface area contributed by atoms with E-state index in [0.717, 1.165) is 23.8 Å². The zero-order valence-electron chi connectivity index (χ0n) is 15.8. The van der Waals surface area contributed by atoms with Crippen LogP contribution in [0.5, 0.6) is 5.75 Å². The molecule has 0 atom stereocenters. The normalized spacial score (nSPS) is 11.8. The lowest BCUT2D eigenvalue weighted by molar-refractivity contribution is -0.137. The summed E-state index contributed by atoms with van der Waals surface area (Å²) in [5.41, 5.74) is -1.21. The van der Waals surface area contributed by atoms with Crippen LogP contribution in [-0.2, 0) is 21.3 Å². The van der Waals surface area contributed by atoms with Gasteiger partial charge in [-0.25, -0.2) is 0 Å². The molecule has 0 aliphatic rings. The number of nitrogens with one attached hydrogen (secondary N) is 2. The van der Waals surface area contributed by atoms with Gasteiger partial charge in [0, 0.05) is 13.2 Å². The second-order valence-corrected chi connectivity index (χ2v) is 6.65. The first-order valence-corrected chi connectivity index (χ1v) is 8.33. The van der Waals surface area contributed by atoms with Crippen molar-refractivity contribution < 1.29 is 27.5 Å². The summed E-state index contributed by atoms with van der Waals surface area (Å²) < 4.78 is 45.7. The first kappa shape index (κ1) is 21.3. The summed E-state index contributed by atoms with van der Waals surface area (Å²) in [5.74, 6) is -1.30. The van der Waals surface area contributed by atoms with Crippen LogP contribution in [0.25, 0.3) is 0 Å². The number of benzene rings is 1. The molecular formula is C18H21F3N4O3. The minimum atomic E-state index is -4.60. The van der Waals surface area contributed by atoms with Crippen molar-refractivity contribution in [3.8, 4) is 5.75 Å². The SMILES string of the molecule is CNC(=O)COc1cc(C(F)(F)F)ccc1NC(=O)C(C)(C)n1cc(C)cn1. The van der Waals surface area contributed by atoms with E-state index < -0.39 is 35.7 Å². The van der Waals surface area contributed by atoms with Crippen LogP contribution in [0.4, 0.5) is 18.9 Å². The molecule has 2 amide bonds. The number of carbonyl (C=O) groups is 2. The zero-order valence-corrected chi connectivity index (χ0v) is 15.8. The fraction of sp³-hybridized carbons (Fsp3) is 0.389. The summed E-state index contributed by atoms with van der Waals surface area (Å²) in [6, 6.07) is 2.65. The Bertz CT molecular complexity index is 875. The standard InChI is InChI=1S/C18H21F3N4O3/c1-11-8-23-25(9-11)17(2,3)16(27)24-13-6-5-12(18(19,20)21)7-14(13)28-10-15(26)22-4/h5-9H,10H2,1-4H3,(H,22,26)(H,24,27). The lowest BCUT2D eigenvalue weighted by atomic mass is 10.0. The molecule has 2 rings (SSSR count). The summed E-state index contributed by atoms with van der Waals surface area (Å²) >= 11 is 0. The number of amides is 2. The topological polar surface area (TPSA) is 85.3 Å². The fourth-order valence-electron chi connectivity index (χ4n) is 2.23. The molecule has 1 aromatic heterocycles. The van der Waals surface area contributed by atoms with Gasteiger partial charge in [0.15, 0.2) is 6.61 Å². The van der Waals surface area contributed by atoms with Gasteiger partial charge in [-0.05, 0) is 44.5 Å². The van der Waals surface area contributed by atoms with Crippen LogP contribution in [-0.4, -0.2) is 35.2 Å². The number of halogens is 3. The van der Waals surface area contributed by atoms with E-state index in [0.29, 0.717) is 0 Å². The number of ether oxygens (including phenoxy) is 1.